The summed E-state index contributed by atoms with van der Waals surface area (Å²) in [4.78, 5) is 38.3. The molecule has 0 aliphatic heterocycles. The fraction of sp³-hybridized carbons (Fsp3) is 0.862. The molecule has 416 valence electrons. The Morgan fingerprint density at radius 1 is 0.282 bits per heavy atom. The van der Waals surface area contributed by atoms with Crippen LogP contribution in [0.3, 0.4) is 0 Å². The molecule has 0 fully saturated rings. The lowest BCUT2D eigenvalue weighted by molar-refractivity contribution is -0.167. The molecule has 0 spiro atoms. The second kappa shape index (κ2) is 60.2. The molecule has 0 radical (unpaired) electrons. The van der Waals surface area contributed by atoms with Gasteiger partial charge >= 0.3 is 17.9 Å². The van der Waals surface area contributed by atoms with Crippen molar-refractivity contribution in [3.63, 3.8) is 0 Å². The van der Waals surface area contributed by atoms with E-state index in [-0.39, 0.29) is 31.1 Å². The molecule has 0 aromatic heterocycles. The van der Waals surface area contributed by atoms with Crippen molar-refractivity contribution in [3.05, 3.63) is 36.5 Å². The number of hydrogen-bond donors (Lipinski definition) is 0. The number of carbonyl (C=O) groups excluding carboxylic acids is 3. The summed E-state index contributed by atoms with van der Waals surface area (Å²) < 4.78 is 16.9. The highest BCUT2D eigenvalue weighted by molar-refractivity contribution is 5.71. The second-order valence-corrected chi connectivity index (χ2v) is 21.3. The van der Waals surface area contributed by atoms with Crippen molar-refractivity contribution in [2.24, 2.45) is 0 Å². The molecule has 1 atom stereocenters. The first-order chi connectivity index (χ1) is 35.0. The van der Waals surface area contributed by atoms with Crippen LogP contribution in [-0.2, 0) is 28.6 Å². The lowest BCUT2D eigenvalue weighted by Gasteiger charge is -2.18. The summed E-state index contributed by atoms with van der Waals surface area (Å²) in [6.07, 6.45) is 72.8. The third-order valence-electron chi connectivity index (χ3n) is 14.1. The van der Waals surface area contributed by atoms with E-state index in [1.54, 1.807) is 0 Å². The first-order valence-corrected chi connectivity index (χ1v) is 31.5. The molecule has 71 heavy (non-hydrogen) atoms. The highest BCUT2D eigenvalue weighted by atomic mass is 16.6. The topological polar surface area (TPSA) is 78.9 Å². The van der Waals surface area contributed by atoms with Crippen molar-refractivity contribution in [1.82, 2.24) is 0 Å². The molecule has 0 aromatic rings. The molecule has 0 N–H and O–H groups in total. The van der Waals surface area contributed by atoms with Crippen molar-refractivity contribution >= 4 is 17.9 Å². The van der Waals surface area contributed by atoms with Gasteiger partial charge in [0.25, 0.3) is 0 Å². The summed E-state index contributed by atoms with van der Waals surface area (Å²) in [6, 6.07) is 0. The van der Waals surface area contributed by atoms with Crippen molar-refractivity contribution < 1.29 is 28.6 Å². The van der Waals surface area contributed by atoms with Crippen LogP contribution in [0.1, 0.15) is 342 Å². The first-order valence-electron chi connectivity index (χ1n) is 31.5. The molecule has 6 heteroatoms. The van der Waals surface area contributed by atoms with Gasteiger partial charge in [-0.3, -0.25) is 14.4 Å². The zero-order valence-corrected chi connectivity index (χ0v) is 47.8. The smallest absolute Gasteiger partial charge is 0.306 e. The maximum absolute atomic E-state index is 12.9. The third kappa shape index (κ3) is 58.4. The Morgan fingerprint density at radius 2 is 0.507 bits per heavy atom. The van der Waals surface area contributed by atoms with E-state index in [0.29, 0.717) is 19.3 Å². The fourth-order valence-corrected chi connectivity index (χ4v) is 9.39. The largest absolute Gasteiger partial charge is 0.462 e. The van der Waals surface area contributed by atoms with E-state index >= 15 is 0 Å². The van der Waals surface area contributed by atoms with Crippen LogP contribution in [-0.4, -0.2) is 37.2 Å². The average Bonchev–Trinajstić information content (AvgIpc) is 3.37. The van der Waals surface area contributed by atoms with Gasteiger partial charge in [-0.05, 0) is 57.8 Å². The molecule has 0 heterocycles. The third-order valence-corrected chi connectivity index (χ3v) is 14.1. The van der Waals surface area contributed by atoms with E-state index in [4.69, 9.17) is 14.2 Å². The van der Waals surface area contributed by atoms with Gasteiger partial charge in [0.2, 0.25) is 0 Å². The first kappa shape index (κ1) is 68.6. The monoisotopic (exact) mass is 997 g/mol. The molecule has 0 aliphatic rings. The number of rotatable bonds is 58. The Morgan fingerprint density at radius 3 is 0.789 bits per heavy atom. The van der Waals surface area contributed by atoms with E-state index in [2.05, 4.69) is 57.2 Å². The standard InChI is InChI=1S/C65H120O6/c1-4-7-10-13-16-19-22-25-28-31-32-33-34-35-38-40-43-46-49-52-55-58-64(67)70-61-62(71-65(68)59-56-53-50-47-44-41-37-30-27-24-21-18-15-12-9-6-3)60-69-63(66)57-54-51-48-45-42-39-36-29-26-23-20-17-14-11-8-5-2/h22,25,31-32,34-35,62H,4-21,23-24,26-30,33,36-61H2,1-3H3/b25-22-,32-31-,35-34-. The Hall–Kier alpha value is -2.37. The molecule has 6 nitrogen and oxygen atoms in total. The maximum Gasteiger partial charge on any atom is 0.306 e. The van der Waals surface area contributed by atoms with Gasteiger partial charge in [-0.15, -0.1) is 0 Å². The fourth-order valence-electron chi connectivity index (χ4n) is 9.39. The lowest BCUT2D eigenvalue weighted by Crippen LogP contribution is -2.30. The van der Waals surface area contributed by atoms with Crippen LogP contribution in [0.4, 0.5) is 0 Å². The average molecular weight is 998 g/mol. The number of ether oxygens (including phenoxy) is 3. The Labute approximate surface area is 442 Å². The molecule has 0 aromatic carbocycles. The van der Waals surface area contributed by atoms with Crippen molar-refractivity contribution in [3.8, 4) is 0 Å². The van der Waals surface area contributed by atoms with E-state index < -0.39 is 6.10 Å². The quantitative estimate of drug-likeness (QED) is 0.0261. The summed E-state index contributed by atoms with van der Waals surface area (Å²) in [5, 5.41) is 0. The van der Waals surface area contributed by atoms with Crippen LogP contribution in [0.15, 0.2) is 36.5 Å². The van der Waals surface area contributed by atoms with Gasteiger partial charge in [-0.2, -0.15) is 0 Å². The molecule has 0 amide bonds. The van der Waals surface area contributed by atoms with Gasteiger partial charge in [-0.1, -0.05) is 301 Å². The maximum atomic E-state index is 12.9. The minimum Gasteiger partial charge on any atom is -0.462 e. The predicted molar refractivity (Wildman–Crippen MR) is 307 cm³/mol. The minimum atomic E-state index is -0.774. The molecular formula is C65H120O6. The number of allylic oxidation sites excluding steroid dienone is 6. The normalized spacial score (nSPS) is 12.2. The van der Waals surface area contributed by atoms with Gasteiger partial charge in [0.1, 0.15) is 13.2 Å². The van der Waals surface area contributed by atoms with Crippen molar-refractivity contribution in [2.45, 2.75) is 348 Å². The predicted octanol–water partition coefficient (Wildman–Crippen LogP) is 21.2. The van der Waals surface area contributed by atoms with Gasteiger partial charge in [0.15, 0.2) is 6.10 Å². The van der Waals surface area contributed by atoms with Gasteiger partial charge in [-0.25, -0.2) is 0 Å². The highest BCUT2D eigenvalue weighted by Crippen LogP contribution is 2.17. The van der Waals surface area contributed by atoms with Crippen LogP contribution < -0.4 is 0 Å². The summed E-state index contributed by atoms with van der Waals surface area (Å²) in [7, 11) is 0. The zero-order valence-electron chi connectivity index (χ0n) is 47.8. The lowest BCUT2D eigenvalue weighted by atomic mass is 10.0. The summed E-state index contributed by atoms with van der Waals surface area (Å²) in [5.41, 5.74) is 0. The number of hydrogen-bond acceptors (Lipinski definition) is 6. The van der Waals surface area contributed by atoms with E-state index in [0.717, 1.165) is 77.0 Å². The molecule has 0 bridgehead atoms. The molecule has 0 saturated heterocycles. The Kier molecular flexibility index (Phi) is 58.2. The van der Waals surface area contributed by atoms with Gasteiger partial charge in [0.05, 0.1) is 0 Å². The van der Waals surface area contributed by atoms with E-state index in [1.807, 2.05) is 0 Å². The number of carbonyl (C=O) groups is 3. The molecule has 0 rings (SSSR count). The van der Waals surface area contributed by atoms with Crippen LogP contribution in [0, 0.1) is 0 Å². The molecule has 1 unspecified atom stereocenters. The van der Waals surface area contributed by atoms with Crippen LogP contribution >= 0.6 is 0 Å². The van der Waals surface area contributed by atoms with Crippen LogP contribution in [0.5, 0.6) is 0 Å². The summed E-state index contributed by atoms with van der Waals surface area (Å²) in [5.74, 6) is -0.859. The van der Waals surface area contributed by atoms with Gasteiger partial charge in [0, 0.05) is 19.3 Å². The number of esters is 3. The minimum absolute atomic E-state index is 0.0709. The SMILES string of the molecule is CCCCCCC/C=C\C/C=C\C/C=C\CCCCCCCCC(=O)OCC(COC(=O)CCCCCCCCCCCCCCCCCC)OC(=O)CCCCCCCCCCCCCCCCCC. The van der Waals surface area contributed by atoms with Gasteiger partial charge < -0.3 is 14.2 Å². The molecule has 0 saturated carbocycles. The Bertz CT molecular complexity index is 1190. The second-order valence-electron chi connectivity index (χ2n) is 21.3. The van der Waals surface area contributed by atoms with E-state index in [9.17, 15) is 14.4 Å². The van der Waals surface area contributed by atoms with E-state index in [1.165, 1.54) is 225 Å². The molecular weight excluding hydrogens is 877 g/mol. The zero-order chi connectivity index (χ0) is 51.4. The Balaban J connectivity index is 4.34. The van der Waals surface area contributed by atoms with Crippen molar-refractivity contribution in [2.75, 3.05) is 13.2 Å². The summed E-state index contributed by atoms with van der Waals surface area (Å²) in [6.45, 7) is 6.68. The van der Waals surface area contributed by atoms with Crippen molar-refractivity contribution in [1.29, 1.82) is 0 Å². The highest BCUT2D eigenvalue weighted by Gasteiger charge is 2.19. The summed E-state index contributed by atoms with van der Waals surface area (Å²) >= 11 is 0. The number of unbranched alkanes of at least 4 members (excludes halogenated alkanes) is 41. The van der Waals surface area contributed by atoms with Crippen LogP contribution in [0.2, 0.25) is 0 Å². The molecule has 0 aliphatic carbocycles. The van der Waals surface area contributed by atoms with Crippen LogP contribution in [0.25, 0.3) is 0 Å².